The van der Waals surface area contributed by atoms with Crippen molar-refractivity contribution in [1.29, 1.82) is 0 Å². The number of nitrogens with one attached hydrogen (secondary N) is 2. The van der Waals surface area contributed by atoms with Gasteiger partial charge in [-0.05, 0) is 43.9 Å². The highest BCUT2D eigenvalue weighted by atomic mass is 16.5. The van der Waals surface area contributed by atoms with Crippen LogP contribution in [0.5, 0.6) is 0 Å². The smallest absolute Gasteiger partial charge is 0.330 e. The molecule has 0 spiro atoms. The first-order valence-electron chi connectivity index (χ1n) is 12.3. The quantitative estimate of drug-likeness (QED) is 0.418. The van der Waals surface area contributed by atoms with Crippen LogP contribution >= 0.6 is 0 Å². The van der Waals surface area contributed by atoms with Crippen molar-refractivity contribution in [3.63, 3.8) is 0 Å². The highest BCUT2D eigenvalue weighted by molar-refractivity contribution is 6.08. The second-order valence-corrected chi connectivity index (χ2v) is 8.73. The fourth-order valence-electron chi connectivity index (χ4n) is 4.10. The van der Waals surface area contributed by atoms with Crippen LogP contribution in [0.1, 0.15) is 69.2 Å². The lowest BCUT2D eigenvalue weighted by Gasteiger charge is -2.25. The maximum atomic E-state index is 13.6. The molecular formula is C25H35N5O5. The summed E-state index contributed by atoms with van der Waals surface area (Å²) in [6.45, 7) is 5.18. The van der Waals surface area contributed by atoms with Crippen molar-refractivity contribution < 1.29 is 14.3 Å². The van der Waals surface area contributed by atoms with E-state index in [0.29, 0.717) is 38.1 Å². The SMILES string of the molecule is CCCCCN(C(=O)c1cccc(NC(=O)C2CCCO2)c1)c1c(N)n(CCCC)c(=O)[nH]c1=O. The number of amides is 2. The van der Waals surface area contributed by atoms with Crippen molar-refractivity contribution in [1.82, 2.24) is 9.55 Å². The van der Waals surface area contributed by atoms with E-state index in [4.69, 9.17) is 10.5 Å². The number of anilines is 3. The fourth-order valence-corrected chi connectivity index (χ4v) is 4.10. The third-order valence-corrected chi connectivity index (χ3v) is 6.05. The number of nitrogens with two attached hydrogens (primary N) is 1. The molecule has 0 aliphatic carbocycles. The molecule has 10 heteroatoms. The minimum absolute atomic E-state index is 0.0279. The molecule has 1 unspecified atom stereocenters. The van der Waals surface area contributed by atoms with Gasteiger partial charge in [0.2, 0.25) is 0 Å². The molecule has 190 valence electrons. The molecule has 3 rings (SSSR count). The van der Waals surface area contributed by atoms with Gasteiger partial charge in [0.05, 0.1) is 0 Å². The third kappa shape index (κ3) is 6.39. The predicted octanol–water partition coefficient (Wildman–Crippen LogP) is 2.87. The number of nitrogen functional groups attached to an aromatic ring is 1. The van der Waals surface area contributed by atoms with Crippen molar-refractivity contribution in [2.75, 3.05) is 29.1 Å². The minimum atomic E-state index is -0.701. The Hall–Kier alpha value is -3.40. The number of aromatic amines is 1. The highest BCUT2D eigenvalue weighted by Gasteiger charge is 2.26. The summed E-state index contributed by atoms with van der Waals surface area (Å²) in [4.78, 5) is 55.0. The van der Waals surface area contributed by atoms with Crippen molar-refractivity contribution >= 4 is 29.0 Å². The number of hydrogen-bond donors (Lipinski definition) is 3. The van der Waals surface area contributed by atoms with Crippen LogP contribution in [0.2, 0.25) is 0 Å². The molecule has 4 N–H and O–H groups in total. The lowest BCUT2D eigenvalue weighted by molar-refractivity contribution is -0.124. The van der Waals surface area contributed by atoms with E-state index in [-0.39, 0.29) is 29.5 Å². The molecule has 1 saturated heterocycles. The Labute approximate surface area is 204 Å². The Bertz CT molecular complexity index is 1150. The van der Waals surface area contributed by atoms with Crippen LogP contribution in [0.4, 0.5) is 17.2 Å². The molecule has 0 saturated carbocycles. The van der Waals surface area contributed by atoms with E-state index in [0.717, 1.165) is 25.7 Å². The van der Waals surface area contributed by atoms with Crippen LogP contribution in [-0.2, 0) is 16.1 Å². The first kappa shape index (κ1) is 26.2. The van der Waals surface area contributed by atoms with Crippen molar-refractivity contribution in [2.45, 2.75) is 71.4 Å². The van der Waals surface area contributed by atoms with Crippen LogP contribution in [0, 0.1) is 0 Å². The third-order valence-electron chi connectivity index (χ3n) is 6.05. The number of rotatable bonds is 11. The lowest BCUT2D eigenvalue weighted by Crippen LogP contribution is -2.41. The number of nitrogens with zero attached hydrogens (tertiary/aromatic N) is 2. The zero-order valence-corrected chi connectivity index (χ0v) is 20.5. The molecule has 1 aliphatic rings. The van der Waals surface area contributed by atoms with Crippen LogP contribution in [-0.4, -0.2) is 40.6 Å². The van der Waals surface area contributed by atoms with Gasteiger partial charge in [-0.1, -0.05) is 39.2 Å². The van der Waals surface area contributed by atoms with Gasteiger partial charge in [0.15, 0.2) is 5.69 Å². The maximum Gasteiger partial charge on any atom is 0.330 e. The van der Waals surface area contributed by atoms with E-state index >= 15 is 0 Å². The summed E-state index contributed by atoms with van der Waals surface area (Å²) in [7, 11) is 0. The summed E-state index contributed by atoms with van der Waals surface area (Å²) in [6, 6.07) is 6.54. The Morgan fingerprint density at radius 2 is 1.97 bits per heavy atom. The molecule has 0 radical (unpaired) electrons. The number of H-pyrrole nitrogens is 1. The number of carbonyl (C=O) groups excluding carboxylic acids is 2. The Morgan fingerprint density at radius 3 is 2.66 bits per heavy atom. The first-order valence-corrected chi connectivity index (χ1v) is 12.3. The normalized spacial score (nSPS) is 15.2. The number of carbonyl (C=O) groups is 2. The molecule has 1 fully saturated rings. The summed E-state index contributed by atoms with van der Waals surface area (Å²) in [5, 5.41) is 2.80. The zero-order chi connectivity index (χ0) is 25.4. The van der Waals surface area contributed by atoms with Crippen LogP contribution in [0.15, 0.2) is 33.9 Å². The molecule has 1 aromatic heterocycles. The fraction of sp³-hybridized carbons (Fsp3) is 0.520. The summed E-state index contributed by atoms with van der Waals surface area (Å²) >= 11 is 0. The number of unbranched alkanes of at least 4 members (excludes halogenated alkanes) is 3. The van der Waals surface area contributed by atoms with Crippen LogP contribution in [0.3, 0.4) is 0 Å². The summed E-state index contributed by atoms with van der Waals surface area (Å²) in [6.07, 6.45) is 4.97. The standard InChI is InChI=1S/C25H35N5O5/c1-3-5-7-14-29(20-21(26)30(13-6-4-2)25(34)28-23(20)32)24(33)17-10-8-11-18(16-17)27-22(31)19-12-9-15-35-19/h8,10-11,16,19H,3-7,9,12-15,26H2,1-2H3,(H,27,31)(H,28,32,34). The van der Waals surface area contributed by atoms with Crippen molar-refractivity contribution in [2.24, 2.45) is 0 Å². The zero-order valence-electron chi connectivity index (χ0n) is 20.5. The van der Waals surface area contributed by atoms with Gasteiger partial charge in [0.25, 0.3) is 17.4 Å². The summed E-state index contributed by atoms with van der Waals surface area (Å²) in [5.74, 6) is -0.720. The molecule has 1 aromatic carbocycles. The largest absolute Gasteiger partial charge is 0.383 e. The van der Waals surface area contributed by atoms with E-state index in [1.807, 2.05) is 13.8 Å². The second-order valence-electron chi connectivity index (χ2n) is 8.73. The average molecular weight is 486 g/mol. The molecule has 2 heterocycles. The van der Waals surface area contributed by atoms with E-state index < -0.39 is 23.3 Å². The van der Waals surface area contributed by atoms with E-state index in [1.165, 1.54) is 9.47 Å². The van der Waals surface area contributed by atoms with Crippen LogP contribution in [0.25, 0.3) is 0 Å². The van der Waals surface area contributed by atoms with Crippen molar-refractivity contribution in [3.8, 4) is 0 Å². The van der Waals surface area contributed by atoms with Gasteiger partial charge in [-0.15, -0.1) is 0 Å². The van der Waals surface area contributed by atoms with Crippen LogP contribution < -0.4 is 27.2 Å². The summed E-state index contributed by atoms with van der Waals surface area (Å²) < 4.78 is 6.73. The molecular weight excluding hydrogens is 450 g/mol. The van der Waals surface area contributed by atoms with Crippen molar-refractivity contribution in [3.05, 3.63) is 50.7 Å². The molecule has 0 bridgehead atoms. The topological polar surface area (TPSA) is 140 Å². The molecule has 10 nitrogen and oxygen atoms in total. The molecule has 1 atom stereocenters. The Morgan fingerprint density at radius 1 is 1.20 bits per heavy atom. The lowest BCUT2D eigenvalue weighted by atomic mass is 10.1. The monoisotopic (exact) mass is 485 g/mol. The van der Waals surface area contributed by atoms with E-state index in [2.05, 4.69) is 10.3 Å². The number of hydrogen-bond acceptors (Lipinski definition) is 6. The highest BCUT2D eigenvalue weighted by Crippen LogP contribution is 2.23. The van der Waals surface area contributed by atoms with Gasteiger partial charge in [-0.2, -0.15) is 0 Å². The Kier molecular flexibility index (Phi) is 9.25. The van der Waals surface area contributed by atoms with Gasteiger partial charge in [0.1, 0.15) is 11.9 Å². The molecule has 1 aliphatic heterocycles. The maximum absolute atomic E-state index is 13.6. The molecule has 2 amide bonds. The first-order chi connectivity index (χ1) is 16.9. The second kappa shape index (κ2) is 12.3. The predicted molar refractivity (Wildman–Crippen MR) is 136 cm³/mol. The number of ether oxygens (including phenoxy) is 1. The van der Waals surface area contributed by atoms with Gasteiger partial charge in [-0.25, -0.2) is 4.79 Å². The minimum Gasteiger partial charge on any atom is -0.383 e. The van der Waals surface area contributed by atoms with Gasteiger partial charge >= 0.3 is 5.69 Å². The van der Waals surface area contributed by atoms with Gasteiger partial charge < -0.3 is 20.7 Å². The van der Waals surface area contributed by atoms with Gasteiger partial charge in [0, 0.05) is 30.9 Å². The molecule has 2 aromatic rings. The number of benzene rings is 1. The summed E-state index contributed by atoms with van der Waals surface area (Å²) in [5.41, 5.74) is 5.71. The van der Waals surface area contributed by atoms with E-state index in [1.54, 1.807) is 24.3 Å². The average Bonchev–Trinajstić information content (AvgIpc) is 3.38. The van der Waals surface area contributed by atoms with E-state index in [9.17, 15) is 19.2 Å². The number of aromatic nitrogens is 2. The van der Waals surface area contributed by atoms with Gasteiger partial charge in [-0.3, -0.25) is 23.9 Å². The molecule has 35 heavy (non-hydrogen) atoms. The Balaban J connectivity index is 1.95.